The standard InChI is InChI=1S/C10H23NO3S/c1-9(8-14-3)7-10(11-2)5-6-15(4,12)13/h9-11H,5-8H2,1-4H3. The van der Waals surface area contributed by atoms with E-state index in [2.05, 4.69) is 12.2 Å². The zero-order valence-corrected chi connectivity index (χ0v) is 10.9. The molecule has 15 heavy (non-hydrogen) atoms. The summed E-state index contributed by atoms with van der Waals surface area (Å²) in [5.41, 5.74) is 0. The Morgan fingerprint density at radius 2 is 2.00 bits per heavy atom. The fourth-order valence-electron chi connectivity index (χ4n) is 1.57. The average Bonchev–Trinajstić information content (AvgIpc) is 2.11. The van der Waals surface area contributed by atoms with Crippen LogP contribution < -0.4 is 5.32 Å². The van der Waals surface area contributed by atoms with Gasteiger partial charge in [-0.25, -0.2) is 8.42 Å². The molecule has 1 N–H and O–H groups in total. The van der Waals surface area contributed by atoms with Gasteiger partial charge in [-0.15, -0.1) is 0 Å². The van der Waals surface area contributed by atoms with Crippen molar-refractivity contribution in [2.75, 3.05) is 32.8 Å². The summed E-state index contributed by atoms with van der Waals surface area (Å²) in [4.78, 5) is 0. The van der Waals surface area contributed by atoms with Gasteiger partial charge in [-0.2, -0.15) is 0 Å². The molecule has 0 amide bonds. The van der Waals surface area contributed by atoms with Crippen LogP contribution in [0.3, 0.4) is 0 Å². The van der Waals surface area contributed by atoms with E-state index in [-0.39, 0.29) is 11.8 Å². The third-order valence-electron chi connectivity index (χ3n) is 2.38. The lowest BCUT2D eigenvalue weighted by Gasteiger charge is -2.19. The van der Waals surface area contributed by atoms with E-state index in [1.54, 1.807) is 7.11 Å². The Morgan fingerprint density at radius 3 is 2.40 bits per heavy atom. The van der Waals surface area contributed by atoms with Crippen LogP contribution in [0.1, 0.15) is 19.8 Å². The summed E-state index contributed by atoms with van der Waals surface area (Å²) in [5, 5.41) is 3.14. The van der Waals surface area contributed by atoms with Crippen molar-refractivity contribution in [2.24, 2.45) is 5.92 Å². The lowest BCUT2D eigenvalue weighted by Crippen LogP contribution is -2.30. The molecule has 0 rings (SSSR count). The van der Waals surface area contributed by atoms with Crippen LogP contribution >= 0.6 is 0 Å². The molecule has 0 saturated carbocycles. The first-order valence-electron chi connectivity index (χ1n) is 5.23. The van der Waals surface area contributed by atoms with Crippen molar-refractivity contribution in [1.82, 2.24) is 5.32 Å². The molecule has 0 aliphatic rings. The van der Waals surface area contributed by atoms with E-state index in [1.165, 1.54) is 6.26 Å². The van der Waals surface area contributed by atoms with Gasteiger partial charge in [0.25, 0.3) is 0 Å². The van der Waals surface area contributed by atoms with Gasteiger partial charge in [0.05, 0.1) is 5.75 Å². The van der Waals surface area contributed by atoms with Crippen LogP contribution in [0.2, 0.25) is 0 Å². The number of rotatable bonds is 8. The minimum Gasteiger partial charge on any atom is -0.384 e. The smallest absolute Gasteiger partial charge is 0.147 e. The van der Waals surface area contributed by atoms with Crippen LogP contribution in [0.15, 0.2) is 0 Å². The Kier molecular flexibility index (Phi) is 7.13. The van der Waals surface area contributed by atoms with Gasteiger partial charge in [0.2, 0.25) is 0 Å². The normalized spacial score (nSPS) is 16.3. The highest BCUT2D eigenvalue weighted by atomic mass is 32.2. The summed E-state index contributed by atoms with van der Waals surface area (Å²) in [6.07, 6.45) is 2.89. The van der Waals surface area contributed by atoms with Gasteiger partial charge in [0, 0.05) is 26.0 Å². The Bertz CT molecular complexity index is 251. The Labute approximate surface area is 93.3 Å². The molecule has 0 spiro atoms. The predicted octanol–water partition coefficient (Wildman–Crippen LogP) is 0.682. The highest BCUT2D eigenvalue weighted by Gasteiger charge is 2.13. The molecule has 0 aliphatic heterocycles. The van der Waals surface area contributed by atoms with Gasteiger partial charge in [0.1, 0.15) is 9.84 Å². The fraction of sp³-hybridized carbons (Fsp3) is 1.00. The summed E-state index contributed by atoms with van der Waals surface area (Å²) < 4.78 is 27.1. The topological polar surface area (TPSA) is 55.4 Å². The van der Waals surface area contributed by atoms with Gasteiger partial charge < -0.3 is 10.1 Å². The van der Waals surface area contributed by atoms with E-state index in [0.29, 0.717) is 12.3 Å². The van der Waals surface area contributed by atoms with Crippen LogP contribution in [0, 0.1) is 5.92 Å². The average molecular weight is 237 g/mol. The van der Waals surface area contributed by atoms with Crippen LogP contribution in [0.25, 0.3) is 0 Å². The third-order valence-corrected chi connectivity index (χ3v) is 3.36. The number of sulfone groups is 1. The number of ether oxygens (including phenoxy) is 1. The third kappa shape index (κ3) is 8.84. The maximum atomic E-state index is 11.0. The van der Waals surface area contributed by atoms with E-state index in [1.807, 2.05) is 7.05 Å². The molecule has 0 aliphatic carbocycles. The summed E-state index contributed by atoms with van der Waals surface area (Å²) in [6.45, 7) is 2.82. The molecule has 0 radical (unpaired) electrons. The van der Waals surface area contributed by atoms with Gasteiger partial charge >= 0.3 is 0 Å². The van der Waals surface area contributed by atoms with E-state index in [4.69, 9.17) is 4.74 Å². The minimum absolute atomic E-state index is 0.248. The Balaban J connectivity index is 3.92. The zero-order valence-electron chi connectivity index (χ0n) is 10.1. The molecule has 0 aromatic rings. The van der Waals surface area contributed by atoms with Gasteiger partial charge in [-0.3, -0.25) is 0 Å². The molecule has 92 valence electrons. The lowest BCUT2D eigenvalue weighted by molar-refractivity contribution is 0.149. The molecule has 2 unspecified atom stereocenters. The SMILES string of the molecule is CNC(CCS(C)(=O)=O)CC(C)COC. The maximum absolute atomic E-state index is 11.0. The first-order chi connectivity index (χ1) is 6.89. The highest BCUT2D eigenvalue weighted by Crippen LogP contribution is 2.09. The molecule has 0 bridgehead atoms. The number of hydrogen-bond donors (Lipinski definition) is 1. The number of hydrogen-bond acceptors (Lipinski definition) is 4. The Morgan fingerprint density at radius 1 is 1.40 bits per heavy atom. The van der Waals surface area contributed by atoms with Crippen molar-refractivity contribution >= 4 is 9.84 Å². The molecule has 4 nitrogen and oxygen atoms in total. The maximum Gasteiger partial charge on any atom is 0.147 e. The summed E-state index contributed by atoms with van der Waals surface area (Å²) in [7, 11) is 0.701. The highest BCUT2D eigenvalue weighted by molar-refractivity contribution is 7.90. The van der Waals surface area contributed by atoms with E-state index >= 15 is 0 Å². The quantitative estimate of drug-likeness (QED) is 0.674. The van der Waals surface area contributed by atoms with Crippen molar-refractivity contribution in [3.8, 4) is 0 Å². The van der Waals surface area contributed by atoms with Gasteiger partial charge in [0.15, 0.2) is 0 Å². The van der Waals surface area contributed by atoms with Crippen molar-refractivity contribution in [2.45, 2.75) is 25.8 Å². The molecule has 2 atom stereocenters. The molecule has 0 fully saturated rings. The second-order valence-electron chi connectivity index (χ2n) is 4.20. The van der Waals surface area contributed by atoms with Crippen LogP contribution in [-0.2, 0) is 14.6 Å². The van der Waals surface area contributed by atoms with Crippen molar-refractivity contribution in [3.05, 3.63) is 0 Å². The molecular formula is C10H23NO3S. The second kappa shape index (κ2) is 7.19. The van der Waals surface area contributed by atoms with Crippen molar-refractivity contribution < 1.29 is 13.2 Å². The number of nitrogens with one attached hydrogen (secondary N) is 1. The first kappa shape index (κ1) is 14.9. The summed E-state index contributed by atoms with van der Waals surface area (Å²) >= 11 is 0. The van der Waals surface area contributed by atoms with Gasteiger partial charge in [-0.1, -0.05) is 6.92 Å². The van der Waals surface area contributed by atoms with Crippen LogP contribution in [0.4, 0.5) is 0 Å². The largest absolute Gasteiger partial charge is 0.384 e. The van der Waals surface area contributed by atoms with E-state index < -0.39 is 9.84 Å². The molecule has 0 aromatic heterocycles. The molecular weight excluding hydrogens is 214 g/mol. The monoisotopic (exact) mass is 237 g/mol. The first-order valence-corrected chi connectivity index (χ1v) is 7.29. The summed E-state index contributed by atoms with van der Waals surface area (Å²) in [5.74, 6) is 0.699. The minimum atomic E-state index is -2.85. The fourth-order valence-corrected chi connectivity index (χ4v) is 2.29. The Hall–Kier alpha value is -0.130. The zero-order chi connectivity index (χ0) is 11.9. The second-order valence-corrected chi connectivity index (χ2v) is 6.46. The van der Waals surface area contributed by atoms with Crippen molar-refractivity contribution in [3.63, 3.8) is 0 Å². The molecule has 0 aromatic carbocycles. The van der Waals surface area contributed by atoms with Crippen molar-refractivity contribution in [1.29, 1.82) is 0 Å². The van der Waals surface area contributed by atoms with Crippen LogP contribution in [-0.4, -0.2) is 47.2 Å². The lowest BCUT2D eigenvalue weighted by atomic mass is 10.0. The van der Waals surface area contributed by atoms with E-state index in [0.717, 1.165) is 13.0 Å². The van der Waals surface area contributed by atoms with Gasteiger partial charge in [-0.05, 0) is 25.8 Å². The van der Waals surface area contributed by atoms with E-state index in [9.17, 15) is 8.42 Å². The molecule has 5 heteroatoms. The summed E-state index contributed by atoms with van der Waals surface area (Å²) in [6, 6.07) is 0.255. The predicted molar refractivity (Wildman–Crippen MR) is 62.8 cm³/mol. The van der Waals surface area contributed by atoms with Crippen LogP contribution in [0.5, 0.6) is 0 Å². The number of methoxy groups -OCH3 is 1. The molecule has 0 heterocycles. The molecule has 0 saturated heterocycles.